The molecule has 0 radical (unpaired) electrons. The van der Waals surface area contributed by atoms with Crippen molar-refractivity contribution in [3.05, 3.63) is 77.9 Å². The summed E-state index contributed by atoms with van der Waals surface area (Å²) in [6, 6.07) is 11.1. The minimum atomic E-state index is -3.73. The van der Waals surface area contributed by atoms with E-state index in [2.05, 4.69) is 6.58 Å². The summed E-state index contributed by atoms with van der Waals surface area (Å²) in [7, 11) is -2.32. The van der Waals surface area contributed by atoms with Crippen LogP contribution in [-0.2, 0) is 14.9 Å². The molecule has 0 N–H and O–H groups in total. The summed E-state index contributed by atoms with van der Waals surface area (Å²) >= 11 is 0. The Labute approximate surface area is 161 Å². The number of carbonyl (C=O) groups is 3. The molecule has 0 atom stereocenters. The molecule has 28 heavy (non-hydrogen) atoms. The van der Waals surface area contributed by atoms with Gasteiger partial charge in [0, 0.05) is 13.6 Å². The minimum absolute atomic E-state index is 0.0121. The van der Waals surface area contributed by atoms with Crippen molar-refractivity contribution < 1.29 is 27.6 Å². The highest BCUT2D eigenvalue weighted by atomic mass is 32.2. The summed E-state index contributed by atoms with van der Waals surface area (Å²) < 4.78 is 25.8. The third-order valence-electron chi connectivity index (χ3n) is 4.12. The monoisotopic (exact) mass is 400 g/mol. The number of hydroxylamine groups is 2. The maximum absolute atomic E-state index is 12.4. The molecule has 0 bridgehead atoms. The maximum atomic E-state index is 12.4. The molecule has 0 fully saturated rings. The quantitative estimate of drug-likeness (QED) is 0.542. The third-order valence-corrected chi connectivity index (χ3v) is 5.95. The van der Waals surface area contributed by atoms with Crippen molar-refractivity contribution in [1.29, 1.82) is 0 Å². The molecule has 0 spiro atoms. The van der Waals surface area contributed by atoms with E-state index in [9.17, 15) is 22.8 Å². The van der Waals surface area contributed by atoms with Gasteiger partial charge in [-0.25, -0.2) is 13.2 Å². The average Bonchev–Trinajstić information content (AvgIpc) is 2.93. The normalized spacial score (nSPS) is 13.6. The lowest BCUT2D eigenvalue weighted by Gasteiger charge is -2.15. The van der Waals surface area contributed by atoms with Crippen molar-refractivity contribution in [2.45, 2.75) is 4.90 Å². The first-order chi connectivity index (χ1) is 13.3. The van der Waals surface area contributed by atoms with Crippen LogP contribution in [0.2, 0.25) is 0 Å². The van der Waals surface area contributed by atoms with Crippen LogP contribution in [0.1, 0.15) is 31.1 Å². The zero-order chi connectivity index (χ0) is 20.5. The number of fused-ring (bicyclic) bond motifs is 1. The molecule has 2 aromatic carbocycles. The molecule has 0 saturated heterocycles. The lowest BCUT2D eigenvalue weighted by Crippen LogP contribution is -2.32. The Morgan fingerprint density at radius 3 is 2.11 bits per heavy atom. The number of likely N-dealkylation sites (N-methyl/N-ethyl adjacent to an activating group) is 1. The second-order valence-corrected chi connectivity index (χ2v) is 7.97. The number of carbonyl (C=O) groups excluding carboxylic acids is 3. The Hall–Kier alpha value is -3.30. The van der Waals surface area contributed by atoms with Gasteiger partial charge in [0.05, 0.1) is 21.6 Å². The van der Waals surface area contributed by atoms with Crippen LogP contribution in [-0.4, -0.2) is 49.2 Å². The van der Waals surface area contributed by atoms with E-state index in [4.69, 9.17) is 4.84 Å². The Balaban J connectivity index is 1.77. The number of nitrogens with zero attached hydrogens (tertiary/aromatic N) is 2. The van der Waals surface area contributed by atoms with E-state index in [1.807, 2.05) is 0 Å². The van der Waals surface area contributed by atoms with Crippen LogP contribution in [0.4, 0.5) is 0 Å². The summed E-state index contributed by atoms with van der Waals surface area (Å²) in [5.41, 5.74) is 0.279. The van der Waals surface area contributed by atoms with Crippen LogP contribution in [0.25, 0.3) is 0 Å². The van der Waals surface area contributed by atoms with Gasteiger partial charge < -0.3 is 4.84 Å². The number of sulfonamides is 1. The van der Waals surface area contributed by atoms with Gasteiger partial charge in [0.25, 0.3) is 11.8 Å². The molecular formula is C19H16N2O6S. The van der Waals surface area contributed by atoms with Crippen molar-refractivity contribution in [3.8, 4) is 0 Å². The molecule has 0 aliphatic carbocycles. The molecule has 1 heterocycles. The molecule has 3 rings (SSSR count). The van der Waals surface area contributed by atoms with E-state index in [1.165, 1.54) is 49.5 Å². The topological polar surface area (TPSA) is 101 Å². The van der Waals surface area contributed by atoms with E-state index in [0.29, 0.717) is 5.06 Å². The average molecular weight is 400 g/mol. The van der Waals surface area contributed by atoms with Gasteiger partial charge in [-0.15, -0.1) is 6.58 Å². The second kappa shape index (κ2) is 7.37. The molecule has 0 aromatic heterocycles. The molecule has 0 unspecified atom stereocenters. The Kier molecular flexibility index (Phi) is 5.12. The van der Waals surface area contributed by atoms with E-state index in [-0.39, 0.29) is 28.1 Å². The van der Waals surface area contributed by atoms with Gasteiger partial charge in [-0.05, 0) is 36.4 Å². The summed E-state index contributed by atoms with van der Waals surface area (Å²) in [6.07, 6.45) is 1.45. The van der Waals surface area contributed by atoms with E-state index in [1.54, 1.807) is 12.1 Å². The maximum Gasteiger partial charge on any atom is 0.363 e. The number of imide groups is 1. The Morgan fingerprint density at radius 2 is 1.61 bits per heavy atom. The standard InChI is InChI=1S/C19H16N2O6S/c1-3-12-20(2)28(25,26)14-10-8-13(9-11-14)19(24)27-21-17(22)15-6-4-5-7-16(15)18(21)23/h3-11H,1,12H2,2H3. The van der Waals surface area contributed by atoms with Crippen LogP contribution in [0.15, 0.2) is 66.1 Å². The lowest BCUT2D eigenvalue weighted by atomic mass is 10.1. The highest BCUT2D eigenvalue weighted by Crippen LogP contribution is 2.23. The third kappa shape index (κ3) is 3.32. The summed E-state index contributed by atoms with van der Waals surface area (Å²) in [6.45, 7) is 3.63. The number of rotatable bonds is 6. The molecule has 9 heteroatoms. The zero-order valence-electron chi connectivity index (χ0n) is 14.9. The van der Waals surface area contributed by atoms with Crippen molar-refractivity contribution >= 4 is 27.8 Å². The number of amides is 2. The predicted octanol–water partition coefficient (Wildman–Crippen LogP) is 1.86. The minimum Gasteiger partial charge on any atom is -0.324 e. The van der Waals surface area contributed by atoms with Gasteiger partial charge in [-0.2, -0.15) is 4.31 Å². The fraction of sp³-hybridized carbons (Fsp3) is 0.105. The first-order valence-corrected chi connectivity index (χ1v) is 9.59. The SMILES string of the molecule is C=CCN(C)S(=O)(=O)c1ccc(C(=O)ON2C(=O)c3ccccc3C2=O)cc1. The van der Waals surface area contributed by atoms with E-state index < -0.39 is 27.8 Å². The Bertz CT molecular complexity index is 1040. The highest BCUT2D eigenvalue weighted by Gasteiger charge is 2.38. The van der Waals surface area contributed by atoms with Crippen molar-refractivity contribution in [3.63, 3.8) is 0 Å². The van der Waals surface area contributed by atoms with Crippen LogP contribution in [0, 0.1) is 0 Å². The molecule has 8 nitrogen and oxygen atoms in total. The second-order valence-electron chi connectivity index (χ2n) is 5.93. The molecular weight excluding hydrogens is 384 g/mol. The highest BCUT2D eigenvalue weighted by molar-refractivity contribution is 7.89. The van der Waals surface area contributed by atoms with Crippen LogP contribution in [0.5, 0.6) is 0 Å². The van der Waals surface area contributed by atoms with Crippen LogP contribution in [0.3, 0.4) is 0 Å². The smallest absolute Gasteiger partial charge is 0.324 e. The van der Waals surface area contributed by atoms with Crippen molar-refractivity contribution in [1.82, 2.24) is 9.37 Å². The van der Waals surface area contributed by atoms with Gasteiger partial charge in [0.15, 0.2) is 0 Å². The van der Waals surface area contributed by atoms with Crippen LogP contribution < -0.4 is 0 Å². The molecule has 144 valence electrons. The molecule has 2 amide bonds. The fourth-order valence-corrected chi connectivity index (χ4v) is 3.75. The zero-order valence-corrected chi connectivity index (χ0v) is 15.7. The number of hydrogen-bond donors (Lipinski definition) is 0. The summed E-state index contributed by atoms with van der Waals surface area (Å²) in [5, 5.41) is 0.398. The predicted molar refractivity (Wildman–Crippen MR) is 98.8 cm³/mol. The van der Waals surface area contributed by atoms with Gasteiger partial charge in [0.2, 0.25) is 10.0 Å². The van der Waals surface area contributed by atoms with Gasteiger partial charge in [-0.3, -0.25) is 9.59 Å². The number of benzene rings is 2. The first kappa shape index (κ1) is 19.5. The van der Waals surface area contributed by atoms with E-state index in [0.717, 1.165) is 4.31 Å². The van der Waals surface area contributed by atoms with E-state index >= 15 is 0 Å². The van der Waals surface area contributed by atoms with Gasteiger partial charge >= 0.3 is 5.97 Å². The van der Waals surface area contributed by atoms with Crippen molar-refractivity contribution in [2.75, 3.05) is 13.6 Å². The van der Waals surface area contributed by atoms with Crippen molar-refractivity contribution in [2.24, 2.45) is 0 Å². The first-order valence-electron chi connectivity index (χ1n) is 8.14. The van der Waals surface area contributed by atoms with Gasteiger partial charge in [0.1, 0.15) is 0 Å². The molecule has 0 saturated carbocycles. The lowest BCUT2D eigenvalue weighted by molar-refractivity contribution is -0.0584. The van der Waals surface area contributed by atoms with Crippen LogP contribution >= 0.6 is 0 Å². The van der Waals surface area contributed by atoms with Gasteiger partial charge in [-0.1, -0.05) is 23.3 Å². The molecule has 2 aromatic rings. The summed E-state index contributed by atoms with van der Waals surface area (Å²) in [5.74, 6) is -2.43. The Morgan fingerprint density at radius 1 is 1.07 bits per heavy atom. The molecule has 1 aliphatic rings. The number of hydrogen-bond acceptors (Lipinski definition) is 6. The molecule has 1 aliphatic heterocycles. The summed E-state index contributed by atoms with van der Waals surface area (Å²) in [4.78, 5) is 41.7. The largest absolute Gasteiger partial charge is 0.363 e. The fourth-order valence-electron chi connectivity index (χ4n) is 2.61.